The molecule has 0 aliphatic rings. The number of aryl methyl sites for hydroxylation is 1. The number of ether oxygens (including phenoxy) is 1. The van der Waals surface area contributed by atoms with Crippen LogP contribution < -0.4 is 9.08 Å². The molecule has 0 unspecified atom stereocenters. The number of amides is 1. The van der Waals surface area contributed by atoms with Crippen molar-refractivity contribution in [3.8, 4) is 5.88 Å². The maximum atomic E-state index is 11.8. The minimum absolute atomic E-state index is 0.206. The third-order valence-electron chi connectivity index (χ3n) is 2.66. The molecule has 1 aromatic heterocycles. The van der Waals surface area contributed by atoms with Crippen LogP contribution in [0.2, 0.25) is 0 Å². The molecule has 0 fully saturated rings. The van der Waals surface area contributed by atoms with Crippen molar-refractivity contribution in [1.82, 2.24) is 13.5 Å². The first kappa shape index (κ1) is 14.0. The van der Waals surface area contributed by atoms with Gasteiger partial charge in [0.25, 0.3) is 5.91 Å². The summed E-state index contributed by atoms with van der Waals surface area (Å²) >= 11 is 6.97. The van der Waals surface area contributed by atoms with Crippen LogP contribution in [0.15, 0.2) is 30.5 Å². The fourth-order valence-corrected chi connectivity index (χ4v) is 2.05. The van der Waals surface area contributed by atoms with Gasteiger partial charge in [-0.2, -0.15) is 0 Å². The number of hydrogen-bond acceptors (Lipinski definition) is 4. The van der Waals surface area contributed by atoms with E-state index in [1.807, 2.05) is 19.1 Å². The van der Waals surface area contributed by atoms with E-state index < -0.39 is 0 Å². The Balaban J connectivity index is 2.21. The smallest absolute Gasteiger partial charge is 0.261 e. The summed E-state index contributed by atoms with van der Waals surface area (Å²) in [6.07, 6.45) is 1.67. The van der Waals surface area contributed by atoms with Gasteiger partial charge >= 0.3 is 0 Å². The molecule has 1 N–H and O–H groups in total. The first-order chi connectivity index (χ1) is 9.11. The van der Waals surface area contributed by atoms with Crippen LogP contribution in [0.1, 0.15) is 21.5 Å². The van der Waals surface area contributed by atoms with Gasteiger partial charge in [0, 0.05) is 39.5 Å². The van der Waals surface area contributed by atoms with Crippen molar-refractivity contribution in [3.05, 3.63) is 47.2 Å². The molecule has 5 nitrogen and oxygen atoms in total. The van der Waals surface area contributed by atoms with Crippen LogP contribution in [0.4, 0.5) is 0 Å². The Morgan fingerprint density at radius 1 is 1.53 bits per heavy atom. The largest absolute Gasteiger partial charge is 0.472 e. The number of hydrogen-bond donors (Lipinski definition) is 2. The van der Waals surface area contributed by atoms with Crippen LogP contribution in [0.5, 0.6) is 5.88 Å². The lowest BCUT2D eigenvalue weighted by atomic mass is 10.0. The second kappa shape index (κ2) is 6.12. The van der Waals surface area contributed by atoms with Crippen molar-refractivity contribution in [2.24, 2.45) is 0 Å². The highest BCUT2D eigenvalue weighted by Crippen LogP contribution is 2.17. The zero-order valence-electron chi connectivity index (χ0n) is 10.1. The lowest BCUT2D eigenvalue weighted by Crippen LogP contribution is -2.16. The number of rotatable bonds is 4. The van der Waals surface area contributed by atoms with E-state index >= 15 is 0 Å². The van der Waals surface area contributed by atoms with Crippen molar-refractivity contribution in [2.75, 3.05) is 0 Å². The molecule has 1 aromatic carbocycles. The van der Waals surface area contributed by atoms with E-state index in [9.17, 15) is 4.79 Å². The van der Waals surface area contributed by atoms with Gasteiger partial charge in [0.2, 0.25) is 5.88 Å². The highest BCUT2D eigenvalue weighted by atomic mass is 79.9. The maximum Gasteiger partial charge on any atom is 0.261 e. The fourth-order valence-electron chi connectivity index (χ4n) is 1.68. The molecule has 2 rings (SSSR count). The van der Waals surface area contributed by atoms with Crippen molar-refractivity contribution in [2.45, 2.75) is 13.5 Å². The van der Waals surface area contributed by atoms with Crippen LogP contribution in [-0.2, 0) is 6.61 Å². The molecule has 0 atom stereocenters. The zero-order chi connectivity index (χ0) is 13.8. The Hall–Kier alpha value is -1.47. The molecule has 0 saturated heterocycles. The number of thiol groups is 1. The Kier molecular flexibility index (Phi) is 4.49. The van der Waals surface area contributed by atoms with Crippen LogP contribution in [0.25, 0.3) is 0 Å². The summed E-state index contributed by atoms with van der Waals surface area (Å²) in [5.74, 6) is 0.255. The molecule has 0 aliphatic carbocycles. The van der Waals surface area contributed by atoms with E-state index in [0.717, 1.165) is 11.1 Å². The van der Waals surface area contributed by atoms with Crippen molar-refractivity contribution in [3.63, 3.8) is 0 Å². The molecular formula is C12H12BrN3O2S. The number of halogens is 1. The molecule has 0 aliphatic heterocycles. The topological polar surface area (TPSA) is 56.1 Å². The summed E-state index contributed by atoms with van der Waals surface area (Å²) < 4.78 is 9.35. The Labute approximate surface area is 124 Å². The number of nitrogens with one attached hydrogen (secondary N) is 1. The quantitative estimate of drug-likeness (QED) is 0.663. The van der Waals surface area contributed by atoms with E-state index in [0.29, 0.717) is 11.4 Å². The summed E-state index contributed by atoms with van der Waals surface area (Å²) in [5.41, 5.74) is 2.38. The molecule has 0 saturated carbocycles. The van der Waals surface area contributed by atoms with Crippen molar-refractivity contribution >= 4 is 34.9 Å². The summed E-state index contributed by atoms with van der Waals surface area (Å²) in [4.78, 5) is 11.8. The minimum Gasteiger partial charge on any atom is -0.472 e. The van der Waals surface area contributed by atoms with Crippen LogP contribution >= 0.6 is 29.0 Å². The first-order valence-corrected chi connectivity index (χ1v) is 6.68. The monoisotopic (exact) mass is 341 g/mol. The molecule has 1 heterocycles. The van der Waals surface area contributed by atoms with Gasteiger partial charge in [0.15, 0.2) is 0 Å². The standard InChI is InChI=1S/C12H12BrN3O2S/c1-8-3-2-4-9(12(17)14-13)10(8)7-18-11-5-6-16(19)15-11/h2-6,19H,7H2,1H3,(H,14,17). The number of benzene rings is 1. The average Bonchev–Trinajstić information content (AvgIpc) is 2.82. The molecule has 1 amide bonds. The van der Waals surface area contributed by atoms with E-state index in [4.69, 9.17) is 4.74 Å². The predicted octanol–water partition coefficient (Wildman–Crippen LogP) is 2.50. The van der Waals surface area contributed by atoms with E-state index in [2.05, 4.69) is 38.4 Å². The Bertz CT molecular complexity index is 600. The first-order valence-electron chi connectivity index (χ1n) is 5.49. The van der Waals surface area contributed by atoms with Gasteiger partial charge in [0.05, 0.1) is 0 Å². The minimum atomic E-state index is -0.206. The second-order valence-corrected chi connectivity index (χ2v) is 4.69. The number of nitrogens with zero attached hydrogens (tertiary/aromatic N) is 2. The summed E-state index contributed by atoms with van der Waals surface area (Å²) in [6.45, 7) is 2.20. The molecule has 100 valence electrons. The molecule has 0 bridgehead atoms. The van der Waals surface area contributed by atoms with Gasteiger partial charge in [-0.1, -0.05) is 12.1 Å². The fraction of sp³-hybridized carbons (Fsp3) is 0.167. The van der Waals surface area contributed by atoms with Gasteiger partial charge in [-0.15, -0.1) is 5.10 Å². The molecule has 19 heavy (non-hydrogen) atoms. The molecule has 0 radical (unpaired) electrons. The van der Waals surface area contributed by atoms with E-state index in [1.54, 1.807) is 18.3 Å². The van der Waals surface area contributed by atoms with Gasteiger partial charge in [-0.05, 0) is 31.4 Å². The predicted molar refractivity (Wildman–Crippen MR) is 78.5 cm³/mol. The molecule has 2 aromatic rings. The van der Waals surface area contributed by atoms with E-state index in [-0.39, 0.29) is 12.5 Å². The maximum absolute atomic E-state index is 11.8. The molecule has 0 spiro atoms. The number of carbonyl (C=O) groups excluding carboxylic acids is 1. The van der Waals surface area contributed by atoms with Crippen molar-refractivity contribution in [1.29, 1.82) is 0 Å². The van der Waals surface area contributed by atoms with Crippen LogP contribution in [-0.4, -0.2) is 15.1 Å². The lowest BCUT2D eigenvalue weighted by Gasteiger charge is -2.11. The number of carbonyl (C=O) groups is 1. The summed E-state index contributed by atoms with van der Waals surface area (Å²) in [6, 6.07) is 7.22. The van der Waals surface area contributed by atoms with Gasteiger partial charge in [-0.25, -0.2) is 4.09 Å². The summed E-state index contributed by atoms with van der Waals surface area (Å²) in [5, 5.41) is 4.00. The van der Waals surface area contributed by atoms with Crippen LogP contribution in [0, 0.1) is 6.92 Å². The number of aromatic nitrogens is 2. The lowest BCUT2D eigenvalue weighted by molar-refractivity contribution is 0.0984. The third-order valence-corrected chi connectivity index (χ3v) is 3.24. The highest BCUT2D eigenvalue weighted by molar-refractivity contribution is 9.08. The van der Waals surface area contributed by atoms with E-state index in [1.165, 1.54) is 4.09 Å². The average molecular weight is 342 g/mol. The van der Waals surface area contributed by atoms with Crippen molar-refractivity contribution < 1.29 is 9.53 Å². The second-order valence-electron chi connectivity index (χ2n) is 3.89. The van der Waals surface area contributed by atoms with Gasteiger partial charge < -0.3 is 4.74 Å². The third kappa shape index (κ3) is 3.30. The Morgan fingerprint density at radius 3 is 2.95 bits per heavy atom. The SMILES string of the molecule is Cc1cccc(C(=O)NBr)c1COc1ccn(S)n1. The Morgan fingerprint density at radius 2 is 2.32 bits per heavy atom. The zero-order valence-corrected chi connectivity index (χ0v) is 12.6. The van der Waals surface area contributed by atoms with Gasteiger partial charge in [0.1, 0.15) is 6.61 Å². The highest BCUT2D eigenvalue weighted by Gasteiger charge is 2.13. The molecular weight excluding hydrogens is 330 g/mol. The van der Waals surface area contributed by atoms with Gasteiger partial charge in [-0.3, -0.25) is 9.14 Å². The molecule has 7 heteroatoms. The van der Waals surface area contributed by atoms with Crippen LogP contribution in [0.3, 0.4) is 0 Å². The summed E-state index contributed by atoms with van der Waals surface area (Å²) in [7, 11) is 0. The normalized spacial score (nSPS) is 10.3.